The Labute approximate surface area is 188 Å². The predicted octanol–water partition coefficient (Wildman–Crippen LogP) is 3.18. The molecule has 2 N–H and O–H groups in total. The van der Waals surface area contributed by atoms with Crippen molar-refractivity contribution in [3.8, 4) is 0 Å². The maximum Gasteiger partial charge on any atom is 0.227 e. The molecule has 1 aromatic carbocycles. The first-order valence-corrected chi connectivity index (χ1v) is 10.5. The Hall–Kier alpha value is -0.850. The monoisotopic (exact) mass is 444 g/mol. The van der Waals surface area contributed by atoms with Gasteiger partial charge in [-0.1, -0.05) is 37.3 Å². The minimum atomic E-state index is -0.241. The van der Waals surface area contributed by atoms with Crippen molar-refractivity contribution in [2.24, 2.45) is 11.7 Å². The molecule has 3 rings (SSSR count). The van der Waals surface area contributed by atoms with Crippen LogP contribution in [0.15, 0.2) is 30.3 Å². The van der Waals surface area contributed by atoms with E-state index in [1.807, 2.05) is 42.2 Å². The number of nitrogens with zero attached hydrogens (tertiary/aromatic N) is 3. The van der Waals surface area contributed by atoms with Gasteiger partial charge >= 0.3 is 0 Å². The summed E-state index contributed by atoms with van der Waals surface area (Å²) in [7, 11) is 0. The minimum Gasteiger partial charge on any atom is -0.340 e. The molecule has 166 valence electrons. The molecular weight excluding hydrogens is 407 g/mol. The van der Waals surface area contributed by atoms with Crippen molar-refractivity contribution in [2.75, 3.05) is 39.3 Å². The summed E-state index contributed by atoms with van der Waals surface area (Å²) < 4.78 is 0. The summed E-state index contributed by atoms with van der Waals surface area (Å²) in [5.74, 6) is -0.00182. The molecule has 0 radical (unpaired) electrons. The van der Waals surface area contributed by atoms with Gasteiger partial charge < -0.3 is 10.6 Å². The quantitative estimate of drug-likeness (QED) is 0.731. The van der Waals surface area contributed by atoms with Gasteiger partial charge in [-0.15, -0.1) is 24.8 Å². The number of likely N-dealkylation sites (tertiary alicyclic amines) is 1. The Bertz CT molecular complexity index is 600. The molecular formula is C22H38Cl2N4O. The number of amides is 1. The van der Waals surface area contributed by atoms with E-state index in [2.05, 4.69) is 23.6 Å². The number of halogens is 2. The molecule has 7 heteroatoms. The molecule has 0 aromatic heterocycles. The minimum absolute atomic E-state index is 0. The van der Waals surface area contributed by atoms with Gasteiger partial charge in [-0.2, -0.15) is 0 Å². The lowest BCUT2D eigenvalue weighted by molar-refractivity contribution is -0.137. The Balaban J connectivity index is 0.00000210. The van der Waals surface area contributed by atoms with E-state index in [-0.39, 0.29) is 42.7 Å². The third-order valence-corrected chi connectivity index (χ3v) is 6.61. The van der Waals surface area contributed by atoms with Crippen molar-refractivity contribution in [1.29, 1.82) is 0 Å². The standard InChI is InChI=1S/C22H36N4O.2ClH/c1-17-9-10-18(2)26(17)16-13-24-11-14-25(15-12-24)22(27)19(3)21(23)20-7-5-4-6-8-20;;/h4-8,17-19,21H,9-16,23H2,1-3H3;2*1H. The fourth-order valence-corrected chi connectivity index (χ4v) is 4.54. The summed E-state index contributed by atoms with van der Waals surface area (Å²) in [5.41, 5.74) is 7.39. The van der Waals surface area contributed by atoms with E-state index >= 15 is 0 Å². The Morgan fingerprint density at radius 2 is 1.55 bits per heavy atom. The fourth-order valence-electron chi connectivity index (χ4n) is 4.54. The van der Waals surface area contributed by atoms with Gasteiger partial charge in [-0.25, -0.2) is 0 Å². The lowest BCUT2D eigenvalue weighted by Crippen LogP contribution is -2.52. The van der Waals surface area contributed by atoms with Crippen LogP contribution in [0.3, 0.4) is 0 Å². The van der Waals surface area contributed by atoms with E-state index in [1.54, 1.807) is 0 Å². The van der Waals surface area contributed by atoms with Crippen molar-refractivity contribution < 1.29 is 4.79 Å². The second-order valence-corrected chi connectivity index (χ2v) is 8.41. The van der Waals surface area contributed by atoms with Crippen LogP contribution in [0, 0.1) is 5.92 Å². The highest BCUT2D eigenvalue weighted by atomic mass is 35.5. The summed E-state index contributed by atoms with van der Waals surface area (Å²) in [6.45, 7) is 12.5. The first kappa shape index (κ1) is 26.2. The normalized spacial score (nSPS) is 25.0. The maximum atomic E-state index is 12.9. The van der Waals surface area contributed by atoms with Crippen molar-refractivity contribution in [2.45, 2.75) is 51.7 Å². The number of piperazine rings is 1. The third kappa shape index (κ3) is 6.56. The molecule has 1 amide bonds. The van der Waals surface area contributed by atoms with E-state index in [0.29, 0.717) is 12.1 Å². The first-order chi connectivity index (χ1) is 13.0. The van der Waals surface area contributed by atoms with Crippen molar-refractivity contribution in [3.63, 3.8) is 0 Å². The molecule has 2 aliphatic heterocycles. The van der Waals surface area contributed by atoms with Crippen LogP contribution in [0.1, 0.15) is 45.2 Å². The van der Waals surface area contributed by atoms with Crippen LogP contribution in [-0.4, -0.2) is 72.0 Å². The van der Waals surface area contributed by atoms with E-state index in [4.69, 9.17) is 5.73 Å². The second-order valence-electron chi connectivity index (χ2n) is 8.41. The van der Waals surface area contributed by atoms with Crippen LogP contribution in [-0.2, 0) is 4.79 Å². The van der Waals surface area contributed by atoms with Gasteiger partial charge in [-0.3, -0.25) is 14.6 Å². The number of hydrogen-bond donors (Lipinski definition) is 1. The number of carbonyl (C=O) groups excluding carboxylic acids is 1. The predicted molar refractivity (Wildman–Crippen MR) is 125 cm³/mol. The smallest absolute Gasteiger partial charge is 0.227 e. The zero-order chi connectivity index (χ0) is 19.4. The molecule has 2 heterocycles. The van der Waals surface area contributed by atoms with Gasteiger partial charge in [0.25, 0.3) is 0 Å². The highest BCUT2D eigenvalue weighted by Crippen LogP contribution is 2.24. The average molecular weight is 445 g/mol. The van der Waals surface area contributed by atoms with Gasteiger partial charge in [0.2, 0.25) is 5.91 Å². The van der Waals surface area contributed by atoms with E-state index in [9.17, 15) is 4.79 Å². The van der Waals surface area contributed by atoms with Gasteiger partial charge in [0.05, 0.1) is 5.92 Å². The molecule has 0 spiro atoms. The van der Waals surface area contributed by atoms with Crippen molar-refractivity contribution in [3.05, 3.63) is 35.9 Å². The third-order valence-electron chi connectivity index (χ3n) is 6.61. The van der Waals surface area contributed by atoms with Crippen LogP contribution in [0.4, 0.5) is 0 Å². The number of hydrogen-bond acceptors (Lipinski definition) is 4. The average Bonchev–Trinajstić information content (AvgIpc) is 3.03. The van der Waals surface area contributed by atoms with Gasteiger partial charge in [0.15, 0.2) is 0 Å². The largest absolute Gasteiger partial charge is 0.340 e. The number of nitrogens with two attached hydrogens (primary N) is 1. The maximum absolute atomic E-state index is 12.9. The lowest BCUT2D eigenvalue weighted by Gasteiger charge is -2.38. The summed E-state index contributed by atoms with van der Waals surface area (Å²) in [6, 6.07) is 11.1. The Morgan fingerprint density at radius 3 is 2.10 bits per heavy atom. The summed E-state index contributed by atoms with van der Waals surface area (Å²) >= 11 is 0. The van der Waals surface area contributed by atoms with Crippen molar-refractivity contribution >= 4 is 30.7 Å². The summed E-state index contributed by atoms with van der Waals surface area (Å²) in [5, 5.41) is 0. The number of carbonyl (C=O) groups is 1. The highest BCUT2D eigenvalue weighted by Gasteiger charge is 2.30. The van der Waals surface area contributed by atoms with Crippen LogP contribution in [0.2, 0.25) is 0 Å². The van der Waals surface area contributed by atoms with E-state index in [0.717, 1.165) is 44.8 Å². The van der Waals surface area contributed by atoms with Gasteiger partial charge in [0, 0.05) is 57.4 Å². The van der Waals surface area contributed by atoms with Gasteiger partial charge in [0.1, 0.15) is 0 Å². The zero-order valence-corrected chi connectivity index (χ0v) is 19.6. The highest BCUT2D eigenvalue weighted by molar-refractivity contribution is 5.85. The molecule has 29 heavy (non-hydrogen) atoms. The lowest BCUT2D eigenvalue weighted by atomic mass is 9.94. The molecule has 0 saturated carbocycles. The zero-order valence-electron chi connectivity index (χ0n) is 18.0. The topological polar surface area (TPSA) is 52.8 Å². The molecule has 2 aliphatic rings. The summed E-state index contributed by atoms with van der Waals surface area (Å²) in [4.78, 5) is 20.0. The van der Waals surface area contributed by atoms with E-state index < -0.39 is 0 Å². The molecule has 4 unspecified atom stereocenters. The van der Waals surface area contributed by atoms with Crippen LogP contribution in [0.25, 0.3) is 0 Å². The molecule has 0 aliphatic carbocycles. The van der Waals surface area contributed by atoms with Gasteiger partial charge in [-0.05, 0) is 32.3 Å². The molecule has 2 saturated heterocycles. The molecule has 0 bridgehead atoms. The van der Waals surface area contributed by atoms with Crippen LogP contribution >= 0.6 is 24.8 Å². The number of benzene rings is 1. The Morgan fingerprint density at radius 1 is 1.00 bits per heavy atom. The molecule has 1 aromatic rings. The van der Waals surface area contributed by atoms with E-state index in [1.165, 1.54) is 12.8 Å². The molecule has 4 atom stereocenters. The molecule has 2 fully saturated rings. The SMILES string of the molecule is CC(C(=O)N1CCN(CCN2C(C)CCC2C)CC1)C(N)c1ccccc1.Cl.Cl. The number of rotatable bonds is 6. The van der Waals surface area contributed by atoms with Crippen LogP contribution in [0.5, 0.6) is 0 Å². The molecule has 5 nitrogen and oxygen atoms in total. The van der Waals surface area contributed by atoms with Crippen LogP contribution < -0.4 is 5.73 Å². The second kappa shape index (κ2) is 12.1. The Kier molecular flexibility index (Phi) is 10.9. The fraction of sp³-hybridized carbons (Fsp3) is 0.682. The first-order valence-electron chi connectivity index (χ1n) is 10.5. The summed E-state index contributed by atoms with van der Waals surface area (Å²) in [6.07, 6.45) is 2.64. The van der Waals surface area contributed by atoms with Crippen molar-refractivity contribution in [1.82, 2.24) is 14.7 Å².